The molecule has 1 aromatic heterocycles. The van der Waals surface area contributed by atoms with E-state index in [0.717, 1.165) is 41.8 Å². The SMILES string of the molecule is CCN(CC)c1ccc(N=C2C(C(C)(C)C)=Nn3nc(-c4ccc(NC(=O)c5cccc(S(=O)(=O)O)c5)cc4)nc32)c(C)c1. The number of nitrogens with one attached hydrogen (secondary N) is 1. The maximum Gasteiger partial charge on any atom is 0.294 e. The molecular weight excluding hydrogens is 578 g/mol. The van der Waals surface area contributed by atoms with Crippen molar-refractivity contribution in [3.05, 3.63) is 83.7 Å². The average Bonchev–Trinajstić information content (AvgIpc) is 3.54. The highest BCUT2D eigenvalue weighted by Crippen LogP contribution is 2.31. The number of amides is 1. The Morgan fingerprint density at radius 1 is 1.02 bits per heavy atom. The summed E-state index contributed by atoms with van der Waals surface area (Å²) in [5, 5.41) is 12.1. The summed E-state index contributed by atoms with van der Waals surface area (Å²) in [7, 11) is -4.43. The first kappa shape index (κ1) is 30.8. The summed E-state index contributed by atoms with van der Waals surface area (Å²) in [5.41, 5.74) is 5.51. The normalized spacial score (nSPS) is 14.0. The molecule has 12 heteroatoms. The van der Waals surface area contributed by atoms with Gasteiger partial charge in [0.2, 0.25) is 5.82 Å². The molecule has 0 bridgehead atoms. The van der Waals surface area contributed by atoms with Gasteiger partial charge in [0.1, 0.15) is 5.71 Å². The van der Waals surface area contributed by atoms with Gasteiger partial charge in [-0.2, -0.15) is 13.5 Å². The van der Waals surface area contributed by atoms with Crippen LogP contribution in [0.4, 0.5) is 17.1 Å². The van der Waals surface area contributed by atoms with E-state index in [1.165, 1.54) is 23.0 Å². The van der Waals surface area contributed by atoms with Crippen LogP contribution in [0.25, 0.3) is 11.4 Å². The van der Waals surface area contributed by atoms with Crippen LogP contribution in [0.2, 0.25) is 0 Å². The monoisotopic (exact) mass is 613 g/mol. The molecule has 4 aromatic rings. The van der Waals surface area contributed by atoms with Crippen molar-refractivity contribution in [3.63, 3.8) is 0 Å². The number of aryl methyl sites for hydroxylation is 1. The molecule has 1 aliphatic rings. The Kier molecular flexibility index (Phi) is 8.23. The molecule has 2 N–H and O–H groups in total. The summed E-state index contributed by atoms with van der Waals surface area (Å²) >= 11 is 0. The first-order valence-electron chi connectivity index (χ1n) is 14.3. The molecule has 0 aliphatic carbocycles. The molecule has 0 saturated carbocycles. The molecule has 1 aliphatic heterocycles. The van der Waals surface area contributed by atoms with Gasteiger partial charge in [0.05, 0.1) is 16.3 Å². The van der Waals surface area contributed by atoms with Crippen LogP contribution in [-0.4, -0.2) is 58.3 Å². The molecular formula is C32H35N7O4S. The minimum Gasteiger partial charge on any atom is -0.372 e. The summed E-state index contributed by atoms with van der Waals surface area (Å²) < 4.78 is 32.1. The lowest BCUT2D eigenvalue weighted by Crippen LogP contribution is -2.27. The molecule has 11 nitrogen and oxygen atoms in total. The second kappa shape index (κ2) is 11.8. The lowest BCUT2D eigenvalue weighted by atomic mass is 9.87. The third kappa shape index (κ3) is 6.31. The molecule has 1 amide bonds. The number of hydrogen-bond donors (Lipinski definition) is 2. The predicted molar refractivity (Wildman–Crippen MR) is 173 cm³/mol. The third-order valence-corrected chi connectivity index (χ3v) is 8.12. The molecule has 0 atom stereocenters. The topological polar surface area (TPSA) is 142 Å². The van der Waals surface area contributed by atoms with Gasteiger partial charge in [0, 0.05) is 41.0 Å². The quantitative estimate of drug-likeness (QED) is 0.233. The van der Waals surface area contributed by atoms with Gasteiger partial charge in [0.25, 0.3) is 16.0 Å². The van der Waals surface area contributed by atoms with E-state index < -0.39 is 16.0 Å². The minimum atomic E-state index is -4.43. The Bertz CT molecular complexity index is 1900. The Morgan fingerprint density at radius 2 is 1.73 bits per heavy atom. The van der Waals surface area contributed by atoms with Gasteiger partial charge in [0.15, 0.2) is 5.82 Å². The number of carbonyl (C=O) groups is 1. The maximum absolute atomic E-state index is 12.7. The Hall–Kier alpha value is -4.68. The van der Waals surface area contributed by atoms with Gasteiger partial charge in [-0.3, -0.25) is 9.35 Å². The van der Waals surface area contributed by atoms with Crippen LogP contribution in [-0.2, 0) is 10.1 Å². The molecule has 5 rings (SSSR count). The van der Waals surface area contributed by atoms with Crippen LogP contribution in [0.3, 0.4) is 0 Å². The van der Waals surface area contributed by atoms with Crippen LogP contribution < -0.4 is 10.2 Å². The van der Waals surface area contributed by atoms with E-state index in [-0.39, 0.29) is 15.9 Å². The van der Waals surface area contributed by atoms with Gasteiger partial charge in [-0.05, 0) is 87.0 Å². The predicted octanol–water partition coefficient (Wildman–Crippen LogP) is 5.98. The number of nitrogens with zero attached hydrogens (tertiary/aromatic N) is 6. The first-order valence-corrected chi connectivity index (χ1v) is 15.7. The summed E-state index contributed by atoms with van der Waals surface area (Å²) in [6.07, 6.45) is 0. The Labute approximate surface area is 257 Å². The molecule has 0 unspecified atom stereocenters. The Balaban J connectivity index is 1.42. The van der Waals surface area contributed by atoms with Crippen LogP contribution in [0.1, 0.15) is 56.4 Å². The zero-order valence-corrected chi connectivity index (χ0v) is 26.3. The molecule has 2 heterocycles. The fraction of sp³-hybridized carbons (Fsp3) is 0.281. The number of rotatable bonds is 8. The largest absolute Gasteiger partial charge is 0.372 e. The minimum absolute atomic E-state index is 0.0913. The molecule has 0 radical (unpaired) electrons. The Morgan fingerprint density at radius 3 is 2.34 bits per heavy atom. The molecule has 0 saturated heterocycles. The van der Waals surface area contributed by atoms with Crippen molar-refractivity contribution in [2.24, 2.45) is 15.5 Å². The molecule has 0 spiro atoms. The molecule has 3 aromatic carbocycles. The number of anilines is 2. The van der Waals surface area contributed by atoms with Crippen molar-refractivity contribution in [1.82, 2.24) is 14.9 Å². The number of hydrogen-bond acceptors (Lipinski definition) is 8. The third-order valence-electron chi connectivity index (χ3n) is 7.27. The fourth-order valence-electron chi connectivity index (χ4n) is 4.87. The van der Waals surface area contributed by atoms with Crippen LogP contribution in [0.15, 0.2) is 81.7 Å². The van der Waals surface area contributed by atoms with Gasteiger partial charge >= 0.3 is 0 Å². The second-order valence-corrected chi connectivity index (χ2v) is 12.9. The van der Waals surface area contributed by atoms with Crippen molar-refractivity contribution in [2.45, 2.75) is 46.4 Å². The van der Waals surface area contributed by atoms with E-state index in [1.807, 2.05) is 6.07 Å². The van der Waals surface area contributed by atoms with Crippen molar-refractivity contribution in [3.8, 4) is 11.4 Å². The highest BCUT2D eigenvalue weighted by atomic mass is 32.2. The van der Waals surface area contributed by atoms with Crippen LogP contribution in [0, 0.1) is 12.3 Å². The van der Waals surface area contributed by atoms with Crippen molar-refractivity contribution < 1.29 is 17.8 Å². The van der Waals surface area contributed by atoms with Gasteiger partial charge < -0.3 is 10.2 Å². The van der Waals surface area contributed by atoms with Gasteiger partial charge in [-0.15, -0.1) is 9.89 Å². The van der Waals surface area contributed by atoms with E-state index in [0.29, 0.717) is 28.6 Å². The number of carbonyl (C=O) groups excluding carboxylic acids is 1. The lowest BCUT2D eigenvalue weighted by Gasteiger charge is -2.22. The van der Waals surface area contributed by atoms with E-state index in [2.05, 4.69) is 69.0 Å². The van der Waals surface area contributed by atoms with Crippen molar-refractivity contribution >= 4 is 44.5 Å². The number of aliphatic imine (C=N–C) groups is 1. The highest BCUT2D eigenvalue weighted by molar-refractivity contribution is 7.85. The second-order valence-electron chi connectivity index (χ2n) is 11.5. The summed E-state index contributed by atoms with van der Waals surface area (Å²) in [6.45, 7) is 14.4. The van der Waals surface area contributed by atoms with E-state index >= 15 is 0 Å². The number of fused-ring (bicyclic) bond motifs is 1. The van der Waals surface area contributed by atoms with Crippen LogP contribution in [0.5, 0.6) is 0 Å². The van der Waals surface area contributed by atoms with E-state index in [4.69, 9.17) is 15.1 Å². The molecule has 228 valence electrons. The van der Waals surface area contributed by atoms with Gasteiger partial charge in [-0.25, -0.2) is 9.98 Å². The first-order chi connectivity index (χ1) is 20.8. The maximum atomic E-state index is 12.7. The zero-order chi connectivity index (χ0) is 31.8. The summed E-state index contributed by atoms with van der Waals surface area (Å²) in [4.78, 5) is 26.0. The summed E-state index contributed by atoms with van der Waals surface area (Å²) in [6, 6.07) is 18.4. The molecule has 44 heavy (non-hydrogen) atoms. The van der Waals surface area contributed by atoms with Crippen molar-refractivity contribution in [2.75, 3.05) is 23.3 Å². The lowest BCUT2D eigenvalue weighted by molar-refractivity contribution is 0.102. The molecule has 0 fully saturated rings. The standard InChI is InChI=1S/C32H35N7O4S/c1-7-38(8-2)24-16-17-26(20(3)18-24)34-27-28(32(4,5)6)36-39-30(27)35-29(37-39)21-12-14-23(15-13-21)33-31(40)22-10-9-11-25(19-22)44(41,42)43/h9-19H,7-8H2,1-6H3,(H,33,40)(H,41,42,43). The van der Waals surface area contributed by atoms with Crippen molar-refractivity contribution in [1.29, 1.82) is 0 Å². The van der Waals surface area contributed by atoms with E-state index in [9.17, 15) is 17.8 Å². The van der Waals surface area contributed by atoms with E-state index in [1.54, 1.807) is 24.3 Å². The average molecular weight is 614 g/mol. The van der Waals surface area contributed by atoms with Crippen LogP contribution >= 0.6 is 0 Å². The highest BCUT2D eigenvalue weighted by Gasteiger charge is 2.35. The number of benzene rings is 3. The number of aromatic nitrogens is 3. The smallest absolute Gasteiger partial charge is 0.294 e. The fourth-order valence-corrected chi connectivity index (χ4v) is 5.40. The van der Waals surface area contributed by atoms with Gasteiger partial charge in [-0.1, -0.05) is 26.8 Å². The zero-order valence-electron chi connectivity index (χ0n) is 25.5. The summed E-state index contributed by atoms with van der Waals surface area (Å²) in [5.74, 6) is 0.484.